The molecule has 0 bridgehead atoms. The monoisotopic (exact) mass is 1060 g/mol. The van der Waals surface area contributed by atoms with Crippen LogP contribution in [-0.2, 0) is 28.6 Å². The van der Waals surface area contributed by atoms with Gasteiger partial charge < -0.3 is 14.2 Å². The lowest BCUT2D eigenvalue weighted by molar-refractivity contribution is -0.166. The van der Waals surface area contributed by atoms with E-state index in [1.165, 1.54) is 212 Å². The Morgan fingerprint density at radius 1 is 0.276 bits per heavy atom. The van der Waals surface area contributed by atoms with E-state index in [4.69, 9.17) is 14.2 Å². The van der Waals surface area contributed by atoms with E-state index in [0.717, 1.165) is 77.0 Å². The van der Waals surface area contributed by atoms with Crippen LogP contribution >= 0.6 is 0 Å². The number of unbranched alkanes of at least 4 members (excludes halogenated alkanes) is 37. The Hall–Kier alpha value is -3.15. The van der Waals surface area contributed by atoms with Gasteiger partial charge in [-0.15, -0.1) is 0 Å². The first-order valence-corrected chi connectivity index (χ1v) is 32.9. The molecule has 6 heteroatoms. The second kappa shape index (κ2) is 64.4. The lowest BCUT2D eigenvalue weighted by Crippen LogP contribution is -2.30. The van der Waals surface area contributed by atoms with Crippen molar-refractivity contribution < 1.29 is 28.6 Å². The summed E-state index contributed by atoms with van der Waals surface area (Å²) in [6.07, 6.45) is 83.9. The zero-order chi connectivity index (χ0) is 55.0. The van der Waals surface area contributed by atoms with E-state index in [0.29, 0.717) is 19.3 Å². The van der Waals surface area contributed by atoms with E-state index in [1.807, 2.05) is 6.08 Å². The largest absolute Gasteiger partial charge is 0.462 e. The highest BCUT2D eigenvalue weighted by Gasteiger charge is 2.19. The molecule has 0 fully saturated rings. The van der Waals surface area contributed by atoms with Crippen LogP contribution in [0.4, 0.5) is 0 Å². The predicted molar refractivity (Wildman–Crippen MR) is 330 cm³/mol. The highest BCUT2D eigenvalue weighted by molar-refractivity contribution is 5.71. The Morgan fingerprint density at radius 3 is 0.776 bits per heavy atom. The van der Waals surface area contributed by atoms with Crippen molar-refractivity contribution in [2.75, 3.05) is 13.2 Å². The van der Waals surface area contributed by atoms with Gasteiger partial charge in [0.15, 0.2) is 6.10 Å². The summed E-state index contributed by atoms with van der Waals surface area (Å²) in [6, 6.07) is 0. The molecule has 0 aliphatic heterocycles. The van der Waals surface area contributed by atoms with Crippen molar-refractivity contribution in [3.63, 3.8) is 0 Å². The quantitative estimate of drug-likeness (QED) is 0.0261. The van der Waals surface area contributed by atoms with E-state index in [-0.39, 0.29) is 37.5 Å². The van der Waals surface area contributed by atoms with Crippen LogP contribution in [0.3, 0.4) is 0 Å². The predicted octanol–water partition coefficient (Wildman–Crippen LogP) is 22.5. The molecule has 0 aliphatic carbocycles. The molecule has 6 nitrogen and oxygen atoms in total. The van der Waals surface area contributed by atoms with Gasteiger partial charge in [0.05, 0.1) is 0 Å². The number of ether oxygens (including phenoxy) is 3. The summed E-state index contributed by atoms with van der Waals surface area (Å²) in [5, 5.41) is 0. The maximum atomic E-state index is 12.8. The maximum Gasteiger partial charge on any atom is 0.306 e. The van der Waals surface area contributed by atoms with Gasteiger partial charge in [-0.1, -0.05) is 331 Å². The molecule has 1 atom stereocenters. The Balaban J connectivity index is 4.16. The molecule has 0 saturated carbocycles. The van der Waals surface area contributed by atoms with Crippen LogP contribution in [0.2, 0.25) is 0 Å². The van der Waals surface area contributed by atoms with Gasteiger partial charge in [0, 0.05) is 19.3 Å². The molecule has 76 heavy (non-hydrogen) atoms. The fraction of sp³-hybridized carbons (Fsp3) is 0.786. The summed E-state index contributed by atoms with van der Waals surface area (Å²) in [7, 11) is 0. The van der Waals surface area contributed by atoms with Crippen LogP contribution in [-0.4, -0.2) is 37.2 Å². The van der Waals surface area contributed by atoms with Crippen molar-refractivity contribution in [3.8, 4) is 0 Å². The first-order chi connectivity index (χ1) is 37.5. The summed E-state index contributed by atoms with van der Waals surface area (Å²) in [5.74, 6) is -0.976. The van der Waals surface area contributed by atoms with Gasteiger partial charge in [-0.05, 0) is 57.8 Å². The first-order valence-electron chi connectivity index (χ1n) is 32.9. The third-order valence-corrected chi connectivity index (χ3v) is 14.5. The summed E-state index contributed by atoms with van der Waals surface area (Å²) in [4.78, 5) is 38.1. The van der Waals surface area contributed by atoms with E-state index < -0.39 is 6.10 Å². The topological polar surface area (TPSA) is 78.9 Å². The molecule has 0 saturated heterocycles. The highest BCUT2D eigenvalue weighted by atomic mass is 16.6. The standard InChI is InChI=1S/C70H124O6/c1-4-7-10-13-16-19-21-23-25-27-29-30-31-32-33-34-35-36-37-38-39-41-42-44-46-48-51-54-57-60-63-69(72)75-66-67(65-74-68(71)62-59-56-53-50-18-15-12-9-6-3)76-70(73)64-61-58-55-52-49-47-45-43-40-28-26-24-22-20-17-14-11-8-5-2/h8,11,17,20,24,26,40,43,47,49,55,58,67H,4-7,9-10,12-16,18-19,21-23,25,27-39,41-42,44-46,48,50-54,56-57,59-66H2,1-3H3/b11-8-,20-17-,26-24-,43-40-,49-47-,58-55-. The van der Waals surface area contributed by atoms with Gasteiger partial charge in [-0.2, -0.15) is 0 Å². The summed E-state index contributed by atoms with van der Waals surface area (Å²) >= 11 is 0. The van der Waals surface area contributed by atoms with Crippen LogP contribution in [0.15, 0.2) is 72.9 Å². The van der Waals surface area contributed by atoms with Crippen molar-refractivity contribution in [3.05, 3.63) is 72.9 Å². The molecule has 0 aliphatic rings. The van der Waals surface area contributed by atoms with Crippen LogP contribution in [0.5, 0.6) is 0 Å². The summed E-state index contributed by atoms with van der Waals surface area (Å²) < 4.78 is 16.8. The fourth-order valence-electron chi connectivity index (χ4n) is 9.59. The molecule has 0 radical (unpaired) electrons. The summed E-state index contributed by atoms with van der Waals surface area (Å²) in [5.41, 5.74) is 0. The molecule has 0 aromatic heterocycles. The van der Waals surface area contributed by atoms with Crippen LogP contribution < -0.4 is 0 Å². The van der Waals surface area contributed by atoms with Crippen molar-refractivity contribution in [1.82, 2.24) is 0 Å². The van der Waals surface area contributed by atoms with Crippen molar-refractivity contribution in [2.45, 2.75) is 341 Å². The highest BCUT2D eigenvalue weighted by Crippen LogP contribution is 2.18. The molecular formula is C70H124O6. The van der Waals surface area contributed by atoms with Crippen molar-refractivity contribution in [2.24, 2.45) is 0 Å². The van der Waals surface area contributed by atoms with Gasteiger partial charge in [0.25, 0.3) is 0 Å². The maximum absolute atomic E-state index is 12.8. The average Bonchev–Trinajstić information content (AvgIpc) is 3.42. The molecule has 0 heterocycles. The Labute approximate surface area is 472 Å². The van der Waals surface area contributed by atoms with Gasteiger partial charge in [0.1, 0.15) is 13.2 Å². The number of carbonyl (C=O) groups excluding carboxylic acids is 3. The second-order valence-corrected chi connectivity index (χ2v) is 22.0. The van der Waals surface area contributed by atoms with Gasteiger partial charge in [-0.3, -0.25) is 14.4 Å². The number of allylic oxidation sites excluding steroid dienone is 12. The van der Waals surface area contributed by atoms with E-state index in [9.17, 15) is 14.4 Å². The number of hydrogen-bond donors (Lipinski definition) is 0. The zero-order valence-corrected chi connectivity index (χ0v) is 50.5. The lowest BCUT2D eigenvalue weighted by atomic mass is 10.0. The normalized spacial score (nSPS) is 12.5. The molecule has 440 valence electrons. The fourth-order valence-corrected chi connectivity index (χ4v) is 9.59. The van der Waals surface area contributed by atoms with Crippen molar-refractivity contribution >= 4 is 17.9 Å². The SMILES string of the molecule is CC/C=C\C/C=C\C/C=C\C/C=C\C/C=C\C/C=C\CCC(=O)OC(COC(=O)CCCCCCCCCCC)COC(=O)CCCCCCCCCCCCCCCCCCCCCCCCCCCCCCCC. The average molecular weight is 1060 g/mol. The molecule has 0 amide bonds. The van der Waals surface area contributed by atoms with E-state index in [1.54, 1.807) is 0 Å². The Kier molecular flexibility index (Phi) is 61.7. The number of carbonyl (C=O) groups is 3. The Morgan fingerprint density at radius 2 is 0.513 bits per heavy atom. The third kappa shape index (κ3) is 61.7. The molecule has 0 aromatic carbocycles. The number of hydrogen-bond acceptors (Lipinski definition) is 6. The molecule has 0 N–H and O–H groups in total. The van der Waals surface area contributed by atoms with Crippen LogP contribution in [0.1, 0.15) is 335 Å². The second-order valence-electron chi connectivity index (χ2n) is 22.0. The molecular weight excluding hydrogens is 937 g/mol. The molecule has 0 spiro atoms. The number of esters is 3. The van der Waals surface area contributed by atoms with E-state index >= 15 is 0 Å². The third-order valence-electron chi connectivity index (χ3n) is 14.5. The minimum Gasteiger partial charge on any atom is -0.462 e. The van der Waals surface area contributed by atoms with Crippen molar-refractivity contribution in [1.29, 1.82) is 0 Å². The smallest absolute Gasteiger partial charge is 0.306 e. The Bertz CT molecular complexity index is 1400. The lowest BCUT2D eigenvalue weighted by Gasteiger charge is -2.18. The summed E-state index contributed by atoms with van der Waals surface area (Å²) in [6.45, 7) is 6.48. The molecule has 0 rings (SSSR count). The van der Waals surface area contributed by atoms with E-state index in [2.05, 4.69) is 87.6 Å². The minimum absolute atomic E-state index is 0.102. The first kappa shape index (κ1) is 72.8. The van der Waals surface area contributed by atoms with Gasteiger partial charge >= 0.3 is 17.9 Å². The molecule has 1 unspecified atom stereocenters. The van der Waals surface area contributed by atoms with Gasteiger partial charge in [-0.25, -0.2) is 0 Å². The number of rotatable bonds is 60. The molecule has 0 aromatic rings. The minimum atomic E-state index is -0.813. The van der Waals surface area contributed by atoms with Crippen LogP contribution in [0.25, 0.3) is 0 Å². The van der Waals surface area contributed by atoms with Gasteiger partial charge in [0.2, 0.25) is 0 Å². The zero-order valence-electron chi connectivity index (χ0n) is 50.5. The van der Waals surface area contributed by atoms with Crippen LogP contribution in [0, 0.1) is 0 Å².